The van der Waals surface area contributed by atoms with E-state index < -0.39 is 21.8 Å². The van der Waals surface area contributed by atoms with Crippen molar-refractivity contribution < 1.29 is 17.7 Å². The summed E-state index contributed by atoms with van der Waals surface area (Å²) in [7, 11) is -3.78. The lowest BCUT2D eigenvalue weighted by Crippen LogP contribution is -2.33. The van der Waals surface area contributed by atoms with Crippen LogP contribution in [0.15, 0.2) is 0 Å². The summed E-state index contributed by atoms with van der Waals surface area (Å²) >= 11 is 0. The van der Waals surface area contributed by atoms with Gasteiger partial charge in [0.1, 0.15) is 5.37 Å². The topological polar surface area (TPSA) is 89.6 Å². The normalized spacial score (nSPS) is 17.8. The van der Waals surface area contributed by atoms with Crippen molar-refractivity contribution in [2.45, 2.75) is 31.9 Å². The molecule has 0 aliphatic carbocycles. The van der Waals surface area contributed by atoms with E-state index in [0.29, 0.717) is 0 Å². The Kier molecular flexibility index (Phi) is 3.95. The Bertz CT molecular complexity index is 199. The van der Waals surface area contributed by atoms with Crippen molar-refractivity contribution in [2.75, 3.05) is 0 Å². The van der Waals surface area contributed by atoms with Crippen molar-refractivity contribution in [3.8, 4) is 0 Å². The van der Waals surface area contributed by atoms with Gasteiger partial charge in [-0.15, -0.1) is 0 Å². The molecule has 0 saturated carbocycles. The SMILES string of the molecule is CCC(N)S(=O)(=O)OC(C)O. The maximum atomic E-state index is 10.9. The first-order valence-electron chi connectivity index (χ1n) is 3.26. The molecule has 68 valence electrons. The van der Waals surface area contributed by atoms with E-state index in [1.807, 2.05) is 0 Å². The molecule has 0 heterocycles. The molecule has 0 fully saturated rings. The van der Waals surface area contributed by atoms with Crippen LogP contribution in [0.1, 0.15) is 20.3 Å². The van der Waals surface area contributed by atoms with E-state index in [1.165, 1.54) is 6.92 Å². The molecular weight excluding hydrogens is 170 g/mol. The summed E-state index contributed by atoms with van der Waals surface area (Å²) in [5, 5.41) is 7.52. The highest BCUT2D eigenvalue weighted by molar-refractivity contribution is 7.87. The first-order valence-corrected chi connectivity index (χ1v) is 4.73. The van der Waals surface area contributed by atoms with E-state index in [4.69, 9.17) is 10.8 Å². The number of aliphatic hydroxyl groups excluding tert-OH is 1. The molecule has 0 saturated heterocycles. The zero-order valence-electron chi connectivity index (χ0n) is 6.52. The molecule has 0 spiro atoms. The third-order valence-corrected chi connectivity index (χ3v) is 2.67. The summed E-state index contributed by atoms with van der Waals surface area (Å²) in [6.07, 6.45) is -1.08. The third kappa shape index (κ3) is 3.66. The van der Waals surface area contributed by atoms with Crippen molar-refractivity contribution in [3.05, 3.63) is 0 Å². The maximum absolute atomic E-state index is 10.9. The Morgan fingerprint density at radius 2 is 2.09 bits per heavy atom. The van der Waals surface area contributed by atoms with Gasteiger partial charge in [0.05, 0.1) is 0 Å². The number of nitrogens with two attached hydrogens (primary N) is 1. The van der Waals surface area contributed by atoms with Gasteiger partial charge < -0.3 is 10.8 Å². The third-order valence-electron chi connectivity index (χ3n) is 1.05. The van der Waals surface area contributed by atoms with Gasteiger partial charge >= 0.3 is 0 Å². The van der Waals surface area contributed by atoms with Crippen LogP contribution in [0.5, 0.6) is 0 Å². The molecule has 0 aliphatic heterocycles. The summed E-state index contributed by atoms with van der Waals surface area (Å²) < 4.78 is 25.9. The van der Waals surface area contributed by atoms with Gasteiger partial charge in [0.25, 0.3) is 10.1 Å². The summed E-state index contributed by atoms with van der Waals surface area (Å²) in [4.78, 5) is 0. The van der Waals surface area contributed by atoms with Crippen LogP contribution in [0, 0.1) is 0 Å². The van der Waals surface area contributed by atoms with Crippen LogP contribution in [0.3, 0.4) is 0 Å². The van der Waals surface area contributed by atoms with Crippen LogP contribution in [0.25, 0.3) is 0 Å². The minimum Gasteiger partial charge on any atom is -0.367 e. The second kappa shape index (κ2) is 4.01. The summed E-state index contributed by atoms with van der Waals surface area (Å²) in [6.45, 7) is 2.83. The lowest BCUT2D eigenvalue weighted by atomic mass is 10.5. The van der Waals surface area contributed by atoms with Crippen LogP contribution in [-0.4, -0.2) is 25.2 Å². The molecule has 0 aliphatic rings. The Morgan fingerprint density at radius 3 is 2.36 bits per heavy atom. The fourth-order valence-electron chi connectivity index (χ4n) is 0.470. The van der Waals surface area contributed by atoms with Crippen LogP contribution < -0.4 is 5.73 Å². The molecule has 0 radical (unpaired) electrons. The van der Waals surface area contributed by atoms with E-state index in [-0.39, 0.29) is 6.42 Å². The Labute approximate surface area is 66.3 Å². The quantitative estimate of drug-likeness (QED) is 0.447. The number of hydrogen-bond acceptors (Lipinski definition) is 5. The minimum atomic E-state index is -3.78. The second-order valence-electron chi connectivity index (χ2n) is 2.14. The van der Waals surface area contributed by atoms with Gasteiger partial charge in [0.2, 0.25) is 0 Å². The highest BCUT2D eigenvalue weighted by Crippen LogP contribution is 2.04. The monoisotopic (exact) mass is 183 g/mol. The molecule has 5 nitrogen and oxygen atoms in total. The van der Waals surface area contributed by atoms with Crippen LogP contribution >= 0.6 is 0 Å². The molecule has 0 rings (SSSR count). The molecule has 0 aromatic carbocycles. The Morgan fingerprint density at radius 1 is 1.64 bits per heavy atom. The molecule has 3 N–H and O–H groups in total. The van der Waals surface area contributed by atoms with Gasteiger partial charge in [-0.05, 0) is 13.3 Å². The van der Waals surface area contributed by atoms with Gasteiger partial charge in [0, 0.05) is 0 Å². The van der Waals surface area contributed by atoms with Gasteiger partial charge in [-0.1, -0.05) is 6.92 Å². The molecule has 6 heteroatoms. The molecule has 11 heavy (non-hydrogen) atoms. The van der Waals surface area contributed by atoms with Crippen molar-refractivity contribution in [1.82, 2.24) is 0 Å². The van der Waals surface area contributed by atoms with E-state index in [1.54, 1.807) is 6.92 Å². The summed E-state index contributed by atoms with van der Waals surface area (Å²) in [5.74, 6) is 0. The lowest BCUT2D eigenvalue weighted by molar-refractivity contribution is 0.00433. The van der Waals surface area contributed by atoms with Crippen molar-refractivity contribution in [2.24, 2.45) is 5.73 Å². The standard InChI is InChI=1S/C5H13NO4S/c1-3-5(6)11(8,9)10-4(2)7/h4-5,7H,3,6H2,1-2H3. The Hall–Kier alpha value is -0.170. The fraction of sp³-hybridized carbons (Fsp3) is 1.00. The van der Waals surface area contributed by atoms with Crippen molar-refractivity contribution in [1.29, 1.82) is 0 Å². The van der Waals surface area contributed by atoms with E-state index >= 15 is 0 Å². The molecular formula is C5H13NO4S. The molecule has 2 unspecified atom stereocenters. The average Bonchev–Trinajstić information content (AvgIpc) is 1.83. The highest BCUT2D eigenvalue weighted by Gasteiger charge is 2.22. The minimum absolute atomic E-state index is 0.259. The smallest absolute Gasteiger partial charge is 0.285 e. The van der Waals surface area contributed by atoms with E-state index in [0.717, 1.165) is 0 Å². The summed E-state index contributed by atoms with van der Waals surface area (Å²) in [5.41, 5.74) is 5.17. The zero-order valence-corrected chi connectivity index (χ0v) is 7.34. The number of aliphatic hydroxyl groups is 1. The summed E-state index contributed by atoms with van der Waals surface area (Å²) in [6, 6.07) is 0. The second-order valence-corrected chi connectivity index (χ2v) is 3.92. The van der Waals surface area contributed by atoms with Crippen LogP contribution in [0.4, 0.5) is 0 Å². The van der Waals surface area contributed by atoms with Gasteiger partial charge in [-0.2, -0.15) is 8.42 Å². The molecule has 0 aromatic rings. The van der Waals surface area contributed by atoms with Crippen molar-refractivity contribution >= 4 is 10.1 Å². The van der Waals surface area contributed by atoms with E-state index in [9.17, 15) is 8.42 Å². The number of rotatable bonds is 4. The average molecular weight is 183 g/mol. The molecule has 0 amide bonds. The van der Waals surface area contributed by atoms with Gasteiger partial charge in [0.15, 0.2) is 6.29 Å². The predicted octanol–water partition coefficient (Wildman–Crippen LogP) is -0.634. The molecule has 0 bridgehead atoms. The molecule has 0 aromatic heterocycles. The van der Waals surface area contributed by atoms with Crippen molar-refractivity contribution in [3.63, 3.8) is 0 Å². The van der Waals surface area contributed by atoms with Gasteiger partial charge in [-0.3, -0.25) is 0 Å². The largest absolute Gasteiger partial charge is 0.367 e. The first kappa shape index (κ1) is 10.8. The molecule has 2 atom stereocenters. The fourth-order valence-corrected chi connectivity index (χ4v) is 1.41. The number of hydrogen-bond donors (Lipinski definition) is 2. The predicted molar refractivity (Wildman–Crippen MR) is 40.0 cm³/mol. The van der Waals surface area contributed by atoms with E-state index in [2.05, 4.69) is 4.18 Å². The highest BCUT2D eigenvalue weighted by atomic mass is 32.2. The zero-order chi connectivity index (χ0) is 9.07. The Balaban J connectivity index is 4.23. The van der Waals surface area contributed by atoms with Crippen LogP contribution in [0.2, 0.25) is 0 Å². The lowest BCUT2D eigenvalue weighted by Gasteiger charge is -2.11. The van der Waals surface area contributed by atoms with Gasteiger partial charge in [-0.25, -0.2) is 4.18 Å². The maximum Gasteiger partial charge on any atom is 0.285 e. The van der Waals surface area contributed by atoms with Crippen LogP contribution in [-0.2, 0) is 14.3 Å². The first-order chi connectivity index (χ1) is 4.90.